The number of carbonyl (C=O) groups is 2. The molecule has 0 saturated heterocycles. The van der Waals surface area contributed by atoms with Crippen LogP contribution in [-0.4, -0.2) is 46.7 Å². The van der Waals surface area contributed by atoms with Gasteiger partial charge in [0.2, 0.25) is 0 Å². The van der Waals surface area contributed by atoms with E-state index in [1.807, 2.05) is 0 Å². The summed E-state index contributed by atoms with van der Waals surface area (Å²) in [6.07, 6.45) is 0.322. The van der Waals surface area contributed by atoms with Crippen molar-refractivity contribution in [1.29, 1.82) is 0 Å². The number of ether oxygens (including phenoxy) is 1. The highest BCUT2D eigenvalue weighted by Crippen LogP contribution is 2.28. The van der Waals surface area contributed by atoms with E-state index >= 15 is 0 Å². The first-order chi connectivity index (χ1) is 8.49. The van der Waals surface area contributed by atoms with Crippen molar-refractivity contribution in [2.45, 2.75) is 6.04 Å². The van der Waals surface area contributed by atoms with Crippen LogP contribution in [0.1, 0.15) is 0 Å². The number of carbonyl (C=O) groups excluding carboxylic acids is 1. The number of hydrogen-bond acceptors (Lipinski definition) is 4. The van der Waals surface area contributed by atoms with Crippen molar-refractivity contribution in [3.8, 4) is 5.75 Å². The van der Waals surface area contributed by atoms with E-state index in [9.17, 15) is 9.59 Å². The monoisotopic (exact) mass is 315 g/mol. The first-order valence-electron chi connectivity index (χ1n) is 5.04. The topological polar surface area (TPSA) is 91.8 Å². The maximum absolute atomic E-state index is 11.9. The van der Waals surface area contributed by atoms with Gasteiger partial charge in [-0.3, -0.25) is 9.69 Å². The standard InChI is InChI=1S/C10H10BrN3O4/c1-14(10(16)17)6-4-18-7-2-5(11)3-12-8(7)13-9(6)15/h2-3,6H,4H2,1H3,(H,16,17)(H,12,13,15)/t6-/m0/s1. The molecular weight excluding hydrogens is 306 g/mol. The molecule has 96 valence electrons. The van der Waals surface area contributed by atoms with Gasteiger partial charge in [0.1, 0.15) is 12.6 Å². The molecule has 1 aromatic rings. The summed E-state index contributed by atoms with van der Waals surface area (Å²) in [5, 5.41) is 11.4. The molecule has 0 aromatic carbocycles. The number of rotatable bonds is 1. The molecule has 0 aliphatic carbocycles. The molecule has 2 amide bonds. The SMILES string of the molecule is CN(C(=O)O)[C@H]1COc2cc(Br)cnc2NC1=O. The summed E-state index contributed by atoms with van der Waals surface area (Å²) >= 11 is 3.24. The lowest BCUT2D eigenvalue weighted by Crippen LogP contribution is -2.47. The molecule has 8 heteroatoms. The third kappa shape index (κ3) is 2.37. The second kappa shape index (κ2) is 4.81. The fraction of sp³-hybridized carbons (Fsp3) is 0.300. The van der Waals surface area contributed by atoms with Crippen molar-refractivity contribution in [2.75, 3.05) is 19.0 Å². The zero-order valence-corrected chi connectivity index (χ0v) is 11.0. The van der Waals surface area contributed by atoms with Gasteiger partial charge in [0, 0.05) is 17.7 Å². The number of halogens is 1. The Bertz CT molecular complexity index is 508. The molecule has 0 saturated carbocycles. The van der Waals surface area contributed by atoms with Crippen molar-refractivity contribution >= 4 is 33.7 Å². The number of nitrogens with zero attached hydrogens (tertiary/aromatic N) is 2. The Hall–Kier alpha value is -1.83. The molecule has 2 rings (SSSR count). The van der Waals surface area contributed by atoms with Crippen molar-refractivity contribution < 1.29 is 19.4 Å². The number of pyridine rings is 1. The molecule has 2 N–H and O–H groups in total. The van der Waals surface area contributed by atoms with E-state index in [2.05, 4.69) is 26.2 Å². The minimum atomic E-state index is -1.20. The molecule has 1 aromatic heterocycles. The average molecular weight is 316 g/mol. The lowest BCUT2D eigenvalue weighted by Gasteiger charge is -2.21. The molecule has 2 heterocycles. The summed E-state index contributed by atoms with van der Waals surface area (Å²) in [4.78, 5) is 27.6. The Morgan fingerprint density at radius 2 is 2.44 bits per heavy atom. The van der Waals surface area contributed by atoms with Crippen LogP contribution in [0.4, 0.5) is 10.6 Å². The number of anilines is 1. The Balaban J connectivity index is 2.26. The minimum absolute atomic E-state index is 0.0558. The second-order valence-electron chi connectivity index (χ2n) is 3.71. The molecule has 0 bridgehead atoms. The van der Waals surface area contributed by atoms with E-state index < -0.39 is 18.0 Å². The van der Waals surface area contributed by atoms with Crippen LogP contribution in [0.15, 0.2) is 16.7 Å². The zero-order chi connectivity index (χ0) is 13.3. The number of likely N-dealkylation sites (N-methyl/N-ethyl adjacent to an activating group) is 1. The van der Waals surface area contributed by atoms with Gasteiger partial charge in [0.25, 0.3) is 5.91 Å². The Morgan fingerprint density at radius 1 is 1.72 bits per heavy atom. The van der Waals surface area contributed by atoms with Gasteiger partial charge in [-0.25, -0.2) is 9.78 Å². The van der Waals surface area contributed by atoms with Crippen LogP contribution in [0.25, 0.3) is 0 Å². The van der Waals surface area contributed by atoms with Gasteiger partial charge in [-0.2, -0.15) is 0 Å². The van der Waals surface area contributed by atoms with Crippen molar-refractivity contribution in [2.24, 2.45) is 0 Å². The third-order valence-electron chi connectivity index (χ3n) is 2.53. The lowest BCUT2D eigenvalue weighted by atomic mass is 10.2. The van der Waals surface area contributed by atoms with Crippen LogP contribution >= 0.6 is 15.9 Å². The third-order valence-corrected chi connectivity index (χ3v) is 2.96. The predicted molar refractivity (Wildman–Crippen MR) is 65.6 cm³/mol. The molecule has 1 aliphatic rings. The number of aromatic nitrogens is 1. The van der Waals surface area contributed by atoms with Crippen LogP contribution in [0.5, 0.6) is 5.75 Å². The molecule has 1 aliphatic heterocycles. The zero-order valence-electron chi connectivity index (χ0n) is 9.38. The first kappa shape index (κ1) is 12.6. The van der Waals surface area contributed by atoms with Gasteiger partial charge in [-0.15, -0.1) is 0 Å². The molecule has 7 nitrogen and oxygen atoms in total. The Kier molecular flexibility index (Phi) is 3.37. The molecule has 0 radical (unpaired) electrons. The van der Waals surface area contributed by atoms with E-state index in [-0.39, 0.29) is 12.4 Å². The largest absolute Gasteiger partial charge is 0.487 e. The van der Waals surface area contributed by atoms with E-state index in [1.165, 1.54) is 13.2 Å². The average Bonchev–Trinajstić information content (AvgIpc) is 2.46. The predicted octanol–water partition coefficient (Wildman–Crippen LogP) is 1.15. The molecular formula is C10H10BrN3O4. The summed E-state index contributed by atoms with van der Waals surface area (Å²) < 4.78 is 6.11. The van der Waals surface area contributed by atoms with Gasteiger partial charge >= 0.3 is 6.09 Å². The molecule has 0 unspecified atom stereocenters. The fourth-order valence-electron chi connectivity index (χ4n) is 1.49. The van der Waals surface area contributed by atoms with Crippen LogP contribution in [0, 0.1) is 0 Å². The number of nitrogens with one attached hydrogen (secondary N) is 1. The van der Waals surface area contributed by atoms with E-state index in [0.29, 0.717) is 10.2 Å². The van der Waals surface area contributed by atoms with Gasteiger partial charge in [0.05, 0.1) is 0 Å². The molecule has 0 fully saturated rings. The summed E-state index contributed by atoms with van der Waals surface area (Å²) in [5.74, 6) is 0.219. The number of amides is 2. The molecule has 0 spiro atoms. The second-order valence-corrected chi connectivity index (χ2v) is 4.63. The number of fused-ring (bicyclic) bond motifs is 1. The maximum atomic E-state index is 11.9. The fourth-order valence-corrected chi connectivity index (χ4v) is 1.80. The van der Waals surface area contributed by atoms with Crippen LogP contribution in [-0.2, 0) is 4.79 Å². The normalized spacial score (nSPS) is 18.1. The summed E-state index contributed by atoms with van der Waals surface area (Å²) in [6.45, 7) is -0.0558. The van der Waals surface area contributed by atoms with Crippen molar-refractivity contribution in [3.63, 3.8) is 0 Å². The van der Waals surface area contributed by atoms with Gasteiger partial charge in [-0.1, -0.05) is 0 Å². The van der Waals surface area contributed by atoms with Crippen LogP contribution in [0.2, 0.25) is 0 Å². The molecule has 1 atom stereocenters. The number of carboxylic acid groups (broad SMARTS) is 1. The van der Waals surface area contributed by atoms with Crippen molar-refractivity contribution in [1.82, 2.24) is 9.88 Å². The molecule has 18 heavy (non-hydrogen) atoms. The Morgan fingerprint density at radius 3 is 3.11 bits per heavy atom. The van der Waals surface area contributed by atoms with E-state index in [1.54, 1.807) is 6.07 Å². The number of hydrogen-bond donors (Lipinski definition) is 2. The highest BCUT2D eigenvalue weighted by Gasteiger charge is 2.31. The lowest BCUT2D eigenvalue weighted by molar-refractivity contribution is -0.121. The highest BCUT2D eigenvalue weighted by molar-refractivity contribution is 9.10. The summed E-state index contributed by atoms with van der Waals surface area (Å²) in [6, 6.07) is 0.752. The smallest absolute Gasteiger partial charge is 0.407 e. The Labute approximate surface area is 111 Å². The summed E-state index contributed by atoms with van der Waals surface area (Å²) in [7, 11) is 1.31. The van der Waals surface area contributed by atoms with Crippen LogP contribution in [0.3, 0.4) is 0 Å². The van der Waals surface area contributed by atoms with Gasteiger partial charge in [-0.05, 0) is 22.0 Å². The summed E-state index contributed by atoms with van der Waals surface area (Å²) in [5.41, 5.74) is 0. The minimum Gasteiger partial charge on any atom is -0.487 e. The van der Waals surface area contributed by atoms with Gasteiger partial charge in [0.15, 0.2) is 11.6 Å². The van der Waals surface area contributed by atoms with E-state index in [4.69, 9.17) is 9.84 Å². The van der Waals surface area contributed by atoms with E-state index in [0.717, 1.165) is 4.90 Å². The van der Waals surface area contributed by atoms with Gasteiger partial charge < -0.3 is 15.2 Å². The quantitative estimate of drug-likeness (QED) is 0.811. The first-order valence-corrected chi connectivity index (χ1v) is 5.83. The van der Waals surface area contributed by atoms with Crippen LogP contribution < -0.4 is 10.1 Å². The maximum Gasteiger partial charge on any atom is 0.407 e. The highest BCUT2D eigenvalue weighted by atomic mass is 79.9. The van der Waals surface area contributed by atoms with Crippen molar-refractivity contribution in [3.05, 3.63) is 16.7 Å².